The summed E-state index contributed by atoms with van der Waals surface area (Å²) in [5.41, 5.74) is 5.63. The molecule has 2 rings (SSSR count). The van der Waals surface area contributed by atoms with Gasteiger partial charge in [0.1, 0.15) is 0 Å². The van der Waals surface area contributed by atoms with Crippen LogP contribution in [0, 0.1) is 3.80 Å². The van der Waals surface area contributed by atoms with E-state index in [0.29, 0.717) is 6.04 Å². The van der Waals surface area contributed by atoms with Crippen molar-refractivity contribution in [3.8, 4) is 0 Å². The first-order valence-corrected chi connectivity index (χ1v) is 6.50. The Hall–Kier alpha value is -0.212. The first kappa shape index (κ1) is 12.9. The Morgan fingerprint density at radius 1 is 1.33 bits per heavy atom. The topological polar surface area (TPSA) is 48.8 Å². The molecule has 4 nitrogen and oxygen atoms in total. The number of hydrogen-bond acceptors (Lipinski definition) is 2. The van der Waals surface area contributed by atoms with Gasteiger partial charge >= 0.3 is 57.9 Å². The smallest absolute Gasteiger partial charge is 0.00388 e. The van der Waals surface area contributed by atoms with Gasteiger partial charge in [-0.3, -0.25) is 0 Å². The minimum atomic E-state index is 0.536. The molecule has 0 radical (unpaired) electrons. The van der Waals surface area contributed by atoms with Gasteiger partial charge < -0.3 is 5.73 Å². The molecule has 1 aliphatic rings. The van der Waals surface area contributed by atoms with Gasteiger partial charge in [0.15, 0.2) is 0 Å². The van der Waals surface area contributed by atoms with Gasteiger partial charge in [-0.05, 0) is 12.8 Å². The number of nitrogens with two attached hydrogens (primary N) is 1. The largest absolute Gasteiger partial charge is 0.328 e. The van der Waals surface area contributed by atoms with E-state index < -0.39 is 0 Å². The van der Waals surface area contributed by atoms with Crippen LogP contribution in [0.15, 0.2) is 6.33 Å². The van der Waals surface area contributed by atoms with E-state index in [1.165, 1.54) is 32.1 Å². The summed E-state index contributed by atoms with van der Waals surface area (Å²) in [7, 11) is 3.89. The van der Waals surface area contributed by atoms with Gasteiger partial charge in [0, 0.05) is 6.04 Å². The van der Waals surface area contributed by atoms with Crippen molar-refractivity contribution in [2.45, 2.75) is 38.1 Å². The normalized spacial score (nSPS) is 17.1. The van der Waals surface area contributed by atoms with Crippen molar-refractivity contribution >= 4 is 0 Å². The quantitative estimate of drug-likeness (QED) is 0.721. The fraction of sp³-hybridized carbons (Fsp3) is 0.800. The molecule has 1 fully saturated rings. The predicted molar refractivity (Wildman–Crippen MR) is 56.5 cm³/mol. The molecule has 15 heavy (non-hydrogen) atoms. The van der Waals surface area contributed by atoms with Crippen LogP contribution >= 0.6 is 0 Å². The Bertz CT molecular complexity index is 313. The maximum absolute atomic E-state index is 5.63. The van der Waals surface area contributed by atoms with E-state index in [9.17, 15) is 0 Å². The molecule has 0 aromatic carbocycles. The molecule has 0 saturated heterocycles. The molecule has 1 aliphatic carbocycles. The molecule has 0 spiro atoms. The van der Waals surface area contributed by atoms with Crippen LogP contribution in [0.25, 0.3) is 0 Å². The van der Waals surface area contributed by atoms with Crippen molar-refractivity contribution in [2.75, 3.05) is 0 Å². The molecule has 1 aromatic heterocycles. The summed E-state index contributed by atoms with van der Waals surface area (Å²) in [6.07, 6.45) is 8.44. The van der Waals surface area contributed by atoms with Gasteiger partial charge in [-0.2, -0.15) is 0 Å². The molecule has 0 bridgehead atoms. The van der Waals surface area contributed by atoms with Crippen molar-refractivity contribution in [1.82, 2.24) is 14.3 Å². The van der Waals surface area contributed by atoms with E-state index >= 15 is 0 Å². The third kappa shape index (κ3) is 4.43. The Kier molecular flexibility index (Phi) is 5.47. The van der Waals surface area contributed by atoms with E-state index in [2.05, 4.69) is 24.5 Å². The summed E-state index contributed by atoms with van der Waals surface area (Å²) in [5, 5.41) is 3.99. The molecule has 1 aromatic rings. The van der Waals surface area contributed by atoms with Gasteiger partial charge in [0.05, 0.1) is 0 Å². The van der Waals surface area contributed by atoms with Crippen molar-refractivity contribution in [1.29, 1.82) is 0 Å². The fourth-order valence-corrected chi connectivity index (χ4v) is 1.87. The molecule has 0 unspecified atom stereocenters. The zero-order valence-corrected chi connectivity index (χ0v) is 11.7. The molecule has 1 heterocycles. The van der Waals surface area contributed by atoms with Crippen LogP contribution in [0.2, 0.25) is 0 Å². The minimum Gasteiger partial charge on any atom is -0.328 e. The van der Waals surface area contributed by atoms with Gasteiger partial charge in [-0.1, -0.05) is 19.3 Å². The van der Waals surface area contributed by atoms with Crippen LogP contribution in [-0.2, 0) is 33.4 Å². The van der Waals surface area contributed by atoms with Crippen LogP contribution in [0.4, 0.5) is 0 Å². The van der Waals surface area contributed by atoms with Crippen LogP contribution in [0.1, 0.15) is 32.1 Å². The maximum Gasteiger partial charge on any atom is 0.00388 e. The Labute approximate surface area is 102 Å². The number of rotatable bonds is 0. The molecule has 90 valence electrons. The fourth-order valence-electron chi connectivity index (χ4n) is 1.61. The van der Waals surface area contributed by atoms with Crippen molar-refractivity contribution < 1.29 is 19.4 Å². The van der Waals surface area contributed by atoms with Crippen LogP contribution in [-0.4, -0.2) is 20.4 Å². The predicted octanol–water partition coefficient (Wildman–Crippen LogP) is 1.12. The molecular weight excluding hydrogens is 371 g/mol. The molecule has 1 saturated carbocycles. The molecule has 2 N–H and O–H groups in total. The first-order chi connectivity index (χ1) is 7.11. The van der Waals surface area contributed by atoms with Gasteiger partial charge in [0.2, 0.25) is 0 Å². The average molecular weight is 391 g/mol. The van der Waals surface area contributed by atoms with Gasteiger partial charge in [-0.15, -0.1) is 0 Å². The summed E-state index contributed by atoms with van der Waals surface area (Å²) in [6.45, 7) is 0. The number of aryl methyl sites for hydroxylation is 2. The second kappa shape index (κ2) is 6.39. The van der Waals surface area contributed by atoms with Crippen molar-refractivity contribution in [2.24, 2.45) is 19.8 Å². The molecule has 0 aliphatic heterocycles. The van der Waals surface area contributed by atoms with E-state index in [1.807, 2.05) is 23.3 Å². The molecular formula is C10H20N4Pt. The SMILES string of the molecule is Cn1cnn(C)[c]1=[Pt].NC1CCCCC1. The van der Waals surface area contributed by atoms with Crippen LogP contribution in [0.3, 0.4) is 0 Å². The molecule has 5 heteroatoms. The summed E-state index contributed by atoms with van der Waals surface area (Å²) in [4.78, 5) is 0. The average Bonchev–Trinajstić information content (AvgIpc) is 2.52. The summed E-state index contributed by atoms with van der Waals surface area (Å²) < 4.78 is 4.91. The summed E-state index contributed by atoms with van der Waals surface area (Å²) in [6, 6.07) is 0.536. The third-order valence-corrected chi connectivity index (χ3v) is 4.10. The number of nitrogens with zero attached hydrogens (tertiary/aromatic N) is 3. The monoisotopic (exact) mass is 391 g/mol. The van der Waals surface area contributed by atoms with E-state index in [0.717, 1.165) is 3.80 Å². The summed E-state index contributed by atoms with van der Waals surface area (Å²) >= 11 is 2.21. The zero-order chi connectivity index (χ0) is 11.3. The second-order valence-electron chi connectivity index (χ2n) is 4.00. The third-order valence-electron chi connectivity index (χ3n) is 2.56. The van der Waals surface area contributed by atoms with Gasteiger partial charge in [0.25, 0.3) is 0 Å². The second-order valence-corrected chi connectivity index (χ2v) is 5.02. The van der Waals surface area contributed by atoms with Crippen molar-refractivity contribution in [3.63, 3.8) is 0 Å². The Morgan fingerprint density at radius 3 is 2.13 bits per heavy atom. The minimum absolute atomic E-state index is 0.536. The Morgan fingerprint density at radius 2 is 1.93 bits per heavy atom. The molecule has 0 amide bonds. The Balaban J connectivity index is 0.000000151. The van der Waals surface area contributed by atoms with Crippen LogP contribution < -0.4 is 5.73 Å². The number of hydrogen-bond donors (Lipinski definition) is 1. The van der Waals surface area contributed by atoms with E-state index in [-0.39, 0.29) is 0 Å². The van der Waals surface area contributed by atoms with Crippen molar-refractivity contribution in [3.05, 3.63) is 10.1 Å². The zero-order valence-electron chi connectivity index (χ0n) is 9.43. The van der Waals surface area contributed by atoms with Gasteiger partial charge in [-0.25, -0.2) is 0 Å². The summed E-state index contributed by atoms with van der Waals surface area (Å²) in [5.74, 6) is 0. The first-order valence-electron chi connectivity index (χ1n) is 5.37. The standard InChI is InChI=1S/C6H13N.C4H7N3.Pt/c7-6-4-2-1-3-5-6;1-6-3-5-7(2)4-6;/h6H,1-5,7H2;3H,1-2H3;. The van der Waals surface area contributed by atoms with E-state index in [1.54, 1.807) is 6.33 Å². The molecule has 0 atom stereocenters. The maximum atomic E-state index is 5.63. The van der Waals surface area contributed by atoms with E-state index in [4.69, 9.17) is 5.73 Å². The number of aromatic nitrogens is 3. The van der Waals surface area contributed by atoms with Crippen LogP contribution in [0.5, 0.6) is 0 Å².